The van der Waals surface area contributed by atoms with Crippen LogP contribution in [0, 0.1) is 5.92 Å². The number of rotatable bonds is 5. The topological polar surface area (TPSA) is 123 Å². The van der Waals surface area contributed by atoms with E-state index in [4.69, 9.17) is 17.3 Å². The van der Waals surface area contributed by atoms with Crippen LogP contribution in [0.25, 0.3) is 5.69 Å². The van der Waals surface area contributed by atoms with Crippen LogP contribution in [-0.4, -0.2) is 61.0 Å². The van der Waals surface area contributed by atoms with Crippen LogP contribution >= 0.6 is 11.6 Å². The summed E-state index contributed by atoms with van der Waals surface area (Å²) in [5.41, 5.74) is 7.66. The number of carbonyl (C=O) groups is 2. The van der Waals surface area contributed by atoms with Crippen LogP contribution in [-0.2, 0) is 11.3 Å². The van der Waals surface area contributed by atoms with Crippen molar-refractivity contribution in [3.8, 4) is 5.69 Å². The average molecular weight is 476 g/mol. The Bertz CT molecular complexity index is 994. The molecule has 4 rings (SSSR count). The Morgan fingerprint density at radius 3 is 2.73 bits per heavy atom. The number of quaternary nitrogens is 1. The Morgan fingerprint density at radius 1 is 1.33 bits per heavy atom. The van der Waals surface area contributed by atoms with E-state index in [0.717, 1.165) is 43.4 Å². The van der Waals surface area contributed by atoms with Gasteiger partial charge in [0.25, 0.3) is 0 Å². The molecule has 2 unspecified atom stereocenters. The molecule has 178 valence electrons. The van der Waals surface area contributed by atoms with E-state index in [-0.39, 0.29) is 31.1 Å². The number of aliphatic hydroxyl groups excluding tert-OH is 1. The predicted molar refractivity (Wildman–Crippen MR) is 123 cm³/mol. The van der Waals surface area contributed by atoms with Gasteiger partial charge in [0.05, 0.1) is 18.3 Å². The van der Waals surface area contributed by atoms with Gasteiger partial charge in [-0.3, -0.25) is 0 Å². The van der Waals surface area contributed by atoms with Gasteiger partial charge < -0.3 is 16.2 Å². The maximum Gasteiger partial charge on any atom is 0.424 e. The summed E-state index contributed by atoms with van der Waals surface area (Å²) in [6.07, 6.45) is 7.08. The van der Waals surface area contributed by atoms with Gasteiger partial charge in [-0.05, 0) is 49.4 Å². The summed E-state index contributed by atoms with van der Waals surface area (Å²) < 4.78 is 1.12. The van der Waals surface area contributed by atoms with E-state index in [0.29, 0.717) is 11.4 Å². The molecule has 9 nitrogen and oxygen atoms in total. The van der Waals surface area contributed by atoms with Crippen LogP contribution in [0.5, 0.6) is 0 Å². The maximum absolute atomic E-state index is 13.6. The van der Waals surface area contributed by atoms with Gasteiger partial charge in [-0.1, -0.05) is 30.9 Å². The number of nitrogens with one attached hydrogen (secondary N) is 1. The summed E-state index contributed by atoms with van der Waals surface area (Å²) in [6.45, 7) is 2.18. The fraction of sp³-hybridized carbons (Fsp3) is 0.565. The van der Waals surface area contributed by atoms with Crippen molar-refractivity contribution in [2.45, 2.75) is 70.2 Å². The SMILES string of the molecule is CC1C[C@H](N)C[N+]1(C(=O)NCc1cc(Cl)ccc1-n1cncn1)C(=O)[C@H](O)C1CCCCC1. The normalized spacial score (nSPS) is 26.8. The number of halogens is 1. The highest BCUT2D eigenvalue weighted by molar-refractivity contribution is 6.30. The first-order valence-corrected chi connectivity index (χ1v) is 12.0. The molecule has 4 atom stereocenters. The predicted octanol–water partition coefficient (Wildman–Crippen LogP) is 2.53. The van der Waals surface area contributed by atoms with Crippen molar-refractivity contribution < 1.29 is 19.2 Å². The Labute approximate surface area is 198 Å². The number of benzene rings is 1. The number of hydrogen-bond acceptors (Lipinski definition) is 6. The van der Waals surface area contributed by atoms with Crippen LogP contribution < -0.4 is 11.1 Å². The van der Waals surface area contributed by atoms with E-state index in [1.54, 1.807) is 29.2 Å². The van der Waals surface area contributed by atoms with E-state index in [1.165, 1.54) is 6.33 Å². The van der Waals surface area contributed by atoms with Gasteiger partial charge in [0.2, 0.25) is 0 Å². The monoisotopic (exact) mass is 475 g/mol. The largest absolute Gasteiger partial charge is 0.424 e. The first kappa shape index (κ1) is 23.8. The third-order valence-corrected chi connectivity index (χ3v) is 7.40. The molecule has 2 aliphatic rings. The molecule has 3 amide bonds. The van der Waals surface area contributed by atoms with Crippen molar-refractivity contribution in [2.75, 3.05) is 6.54 Å². The Kier molecular flexibility index (Phi) is 7.13. The van der Waals surface area contributed by atoms with E-state index < -0.39 is 22.5 Å². The number of hydrogen-bond donors (Lipinski definition) is 3. The zero-order chi connectivity index (χ0) is 23.6. The van der Waals surface area contributed by atoms with Gasteiger partial charge in [-0.25, -0.2) is 19.3 Å². The maximum atomic E-state index is 13.6. The van der Waals surface area contributed by atoms with Gasteiger partial charge >= 0.3 is 11.9 Å². The first-order chi connectivity index (χ1) is 15.8. The van der Waals surface area contributed by atoms with Crippen molar-refractivity contribution in [2.24, 2.45) is 11.7 Å². The summed E-state index contributed by atoms with van der Waals surface area (Å²) in [5.74, 6) is -0.549. The third kappa shape index (κ3) is 4.68. The van der Waals surface area contributed by atoms with Crippen molar-refractivity contribution in [1.29, 1.82) is 0 Å². The van der Waals surface area contributed by atoms with Gasteiger partial charge in [0.15, 0.2) is 6.10 Å². The minimum absolute atomic E-state index is 0.107. The van der Waals surface area contributed by atoms with E-state index in [9.17, 15) is 14.7 Å². The van der Waals surface area contributed by atoms with Gasteiger partial charge in [-0.15, -0.1) is 0 Å². The standard InChI is InChI=1S/C23H31ClN6O3/c1-15-9-19(25)12-30(15,22(32)21(31)16-5-3-2-4-6-16)23(33)27-11-17-10-18(24)7-8-20(17)29-14-26-13-28-29/h7-8,10,13-16,19,21,31H,2-6,9,11-12,25H2,1H3/p+1/t15?,19-,21+,30?/m0/s1. The molecule has 1 aromatic carbocycles. The summed E-state index contributed by atoms with van der Waals surface area (Å²) in [4.78, 5) is 31.2. The van der Waals surface area contributed by atoms with Gasteiger partial charge in [0.1, 0.15) is 25.2 Å². The Balaban J connectivity index is 1.57. The number of imide groups is 1. The molecule has 2 fully saturated rings. The Hall–Kier alpha value is -2.33. The van der Waals surface area contributed by atoms with E-state index in [1.807, 2.05) is 6.92 Å². The number of aliphatic hydroxyl groups is 1. The smallest absolute Gasteiger partial charge is 0.379 e. The van der Waals surface area contributed by atoms with E-state index in [2.05, 4.69) is 15.4 Å². The molecule has 10 heteroatoms. The minimum Gasteiger partial charge on any atom is -0.379 e. The third-order valence-electron chi connectivity index (χ3n) is 7.16. The molecule has 0 radical (unpaired) electrons. The molecular weight excluding hydrogens is 444 g/mol. The molecule has 1 saturated heterocycles. The molecule has 0 spiro atoms. The summed E-state index contributed by atoms with van der Waals surface area (Å²) in [5, 5.41) is 18.6. The van der Waals surface area contributed by atoms with Crippen LogP contribution in [0.3, 0.4) is 0 Å². The summed E-state index contributed by atoms with van der Waals surface area (Å²) in [6, 6.07) is 4.24. The number of aromatic nitrogens is 3. The molecule has 1 aliphatic heterocycles. The number of likely N-dealkylation sites (tertiary alicyclic amines) is 1. The molecule has 2 aromatic rings. The zero-order valence-corrected chi connectivity index (χ0v) is 19.6. The highest BCUT2D eigenvalue weighted by atomic mass is 35.5. The Morgan fingerprint density at radius 2 is 2.09 bits per heavy atom. The van der Waals surface area contributed by atoms with E-state index >= 15 is 0 Å². The molecule has 0 bridgehead atoms. The second-order valence-corrected chi connectivity index (χ2v) is 9.79. The van der Waals surface area contributed by atoms with Gasteiger partial charge in [0, 0.05) is 11.4 Å². The summed E-state index contributed by atoms with van der Waals surface area (Å²) in [7, 11) is 0. The van der Waals surface area contributed by atoms with Gasteiger partial charge in [-0.2, -0.15) is 9.58 Å². The molecular formula is C23H32ClN6O3+. The number of amides is 3. The lowest BCUT2D eigenvalue weighted by Crippen LogP contribution is -2.66. The van der Waals surface area contributed by atoms with Crippen LogP contribution in [0.2, 0.25) is 5.02 Å². The fourth-order valence-corrected chi connectivity index (χ4v) is 5.58. The second kappa shape index (κ2) is 9.89. The minimum atomic E-state index is -1.17. The second-order valence-electron chi connectivity index (χ2n) is 9.35. The quantitative estimate of drug-likeness (QED) is 0.571. The summed E-state index contributed by atoms with van der Waals surface area (Å²) >= 11 is 6.20. The van der Waals surface area contributed by atoms with Crippen LogP contribution in [0.4, 0.5) is 4.79 Å². The molecule has 4 N–H and O–H groups in total. The van der Waals surface area contributed by atoms with Crippen molar-refractivity contribution in [3.63, 3.8) is 0 Å². The van der Waals surface area contributed by atoms with Crippen LogP contribution in [0.1, 0.15) is 51.0 Å². The highest BCUT2D eigenvalue weighted by Gasteiger charge is 2.57. The zero-order valence-electron chi connectivity index (χ0n) is 18.9. The molecule has 1 aromatic heterocycles. The van der Waals surface area contributed by atoms with Crippen molar-refractivity contribution in [3.05, 3.63) is 41.4 Å². The highest BCUT2D eigenvalue weighted by Crippen LogP contribution is 2.33. The molecule has 33 heavy (non-hydrogen) atoms. The number of carbonyl (C=O) groups excluding carboxylic acids is 2. The van der Waals surface area contributed by atoms with Crippen molar-refractivity contribution >= 4 is 23.5 Å². The number of nitrogens with two attached hydrogens (primary N) is 1. The van der Waals surface area contributed by atoms with Crippen molar-refractivity contribution in [1.82, 2.24) is 20.1 Å². The lowest BCUT2D eigenvalue weighted by molar-refractivity contribution is -0.787. The number of urea groups is 1. The average Bonchev–Trinajstić information content (AvgIpc) is 3.45. The first-order valence-electron chi connectivity index (χ1n) is 11.6. The molecule has 1 aliphatic carbocycles. The molecule has 1 saturated carbocycles. The number of nitrogens with zero attached hydrogens (tertiary/aromatic N) is 4. The lowest BCUT2D eigenvalue weighted by Gasteiger charge is -2.36. The fourth-order valence-electron chi connectivity index (χ4n) is 5.38. The molecule has 2 heterocycles. The lowest BCUT2D eigenvalue weighted by atomic mass is 9.84. The van der Waals surface area contributed by atoms with Crippen LogP contribution in [0.15, 0.2) is 30.9 Å².